The van der Waals surface area contributed by atoms with Crippen molar-refractivity contribution in [2.45, 2.75) is 56.8 Å². The van der Waals surface area contributed by atoms with Crippen molar-refractivity contribution in [3.8, 4) is 39.5 Å². The Morgan fingerprint density at radius 2 is 1.40 bits per heavy atom. The van der Waals surface area contributed by atoms with Crippen molar-refractivity contribution in [1.82, 2.24) is 14.5 Å². The Labute approximate surface area is 356 Å². The number of nitrogens with zero attached hydrogens (tertiary/aromatic N) is 3. The minimum atomic E-state index is -1.72. The third-order valence-corrected chi connectivity index (χ3v) is 14.8. The van der Waals surface area contributed by atoms with Gasteiger partial charge in [0.1, 0.15) is 11.4 Å². The van der Waals surface area contributed by atoms with Gasteiger partial charge in [-0.2, -0.15) is 0 Å². The molecule has 7 heteroatoms. The van der Waals surface area contributed by atoms with Crippen molar-refractivity contribution in [1.29, 1.82) is 0 Å². The van der Waals surface area contributed by atoms with E-state index < -0.39 is 13.3 Å². The van der Waals surface area contributed by atoms with Crippen molar-refractivity contribution in [2.75, 3.05) is 0 Å². The van der Waals surface area contributed by atoms with E-state index in [-0.39, 0.29) is 37.8 Å². The number of para-hydroxylation sites is 2. The minimum Gasteiger partial charge on any atom is 0 e. The molecule has 9 rings (SSSR count). The van der Waals surface area contributed by atoms with Crippen molar-refractivity contribution in [2.24, 2.45) is 0 Å². The van der Waals surface area contributed by atoms with Gasteiger partial charge in [-0.05, 0) is 70.5 Å². The first-order valence-corrected chi connectivity index (χ1v) is 27.0. The second-order valence-corrected chi connectivity index (χ2v) is 26.9. The number of hydrogen-bond acceptors (Lipinski definition) is 3. The molecule has 3 aromatic heterocycles. The summed E-state index contributed by atoms with van der Waals surface area (Å²) in [6, 6.07) is 51.0. The predicted octanol–water partition coefficient (Wildman–Crippen LogP) is 13.5. The molecule has 4 nitrogen and oxygen atoms in total. The molecule has 0 bridgehead atoms. The number of halogens is 1. The molecule has 0 N–H and O–H groups in total. The molecule has 0 aliphatic rings. The Kier molecular flexibility index (Phi) is 12.0. The van der Waals surface area contributed by atoms with Gasteiger partial charge in [-0.1, -0.05) is 81.1 Å². The summed E-state index contributed by atoms with van der Waals surface area (Å²) in [5.41, 5.74) is 12.0. The molecule has 0 aliphatic heterocycles. The third-order valence-electron chi connectivity index (χ3n) is 10.5. The van der Waals surface area contributed by atoms with Crippen molar-refractivity contribution in [3.63, 3.8) is 0 Å². The van der Waals surface area contributed by atoms with Crippen LogP contribution < -0.4 is 4.40 Å². The van der Waals surface area contributed by atoms with Gasteiger partial charge in [-0.15, -0.1) is 18.2 Å². The molecule has 0 aliphatic carbocycles. The van der Waals surface area contributed by atoms with Crippen molar-refractivity contribution in [3.05, 3.63) is 169 Å². The maximum atomic E-state index is 14.1. The van der Waals surface area contributed by atoms with Gasteiger partial charge in [0.25, 0.3) is 0 Å². The van der Waals surface area contributed by atoms with Gasteiger partial charge in [0.2, 0.25) is 0 Å². The summed E-state index contributed by atoms with van der Waals surface area (Å²) in [5, 5.41) is 1.79. The first kappa shape index (κ1) is 41.0. The van der Waals surface area contributed by atoms with Gasteiger partial charge in [-0.3, -0.25) is 4.98 Å². The van der Waals surface area contributed by atoms with Crippen LogP contribution >= 0.6 is 0 Å². The van der Waals surface area contributed by atoms with E-state index in [1.807, 2.05) is 54.7 Å². The molecule has 6 aromatic carbocycles. The van der Waals surface area contributed by atoms with E-state index in [2.05, 4.69) is 133 Å². The maximum Gasteiger partial charge on any atom is 0 e. The monoisotopic (exact) mass is 1000 g/mol. The molecule has 3 heterocycles. The van der Waals surface area contributed by atoms with Gasteiger partial charge < -0.3 is 8.98 Å². The SMILES string of the molecule is CC(C)c1cc(-c2ccccc2)cc(C(C)C)c1-n1c(-c2[c-]ccc3c2oc2cc(F)ccc23)nc2ccccc21.[CH3][Ge]([CH3])([CH3])[c]1ccc(-c2[c-]cccc2)nc1.[Ir]. The van der Waals surface area contributed by atoms with Crippen LogP contribution in [0.25, 0.3) is 72.4 Å². The van der Waals surface area contributed by atoms with Crippen LogP contribution in [0.1, 0.15) is 50.7 Å². The molecule has 0 fully saturated rings. The molecule has 0 atom stereocenters. The normalized spacial score (nSPS) is 11.6. The number of aromatic nitrogens is 3. The molecule has 0 unspecified atom stereocenters. The van der Waals surface area contributed by atoms with Crippen LogP contribution in [-0.2, 0) is 20.1 Å². The van der Waals surface area contributed by atoms with Crippen molar-refractivity contribution >= 4 is 50.6 Å². The van der Waals surface area contributed by atoms with Crippen LogP contribution in [0, 0.1) is 17.9 Å². The summed E-state index contributed by atoms with van der Waals surface area (Å²) in [7, 11) is 0. The largest absolute Gasteiger partial charge is 0 e. The molecule has 0 saturated carbocycles. The van der Waals surface area contributed by atoms with Crippen LogP contribution in [0.2, 0.25) is 17.3 Å². The van der Waals surface area contributed by atoms with E-state index in [9.17, 15) is 4.39 Å². The van der Waals surface area contributed by atoms with Gasteiger partial charge in [0, 0.05) is 37.2 Å². The Bertz CT molecular complexity index is 2810. The zero-order valence-electron chi connectivity index (χ0n) is 33.9. The smallest absolute Gasteiger partial charge is 0 e. The summed E-state index contributed by atoms with van der Waals surface area (Å²) in [5.74, 6) is 8.09. The van der Waals surface area contributed by atoms with Crippen LogP contribution in [0.15, 0.2) is 144 Å². The molecule has 0 amide bonds. The van der Waals surface area contributed by atoms with E-state index in [0.717, 1.165) is 50.1 Å². The van der Waals surface area contributed by atoms with Gasteiger partial charge in [0.05, 0.1) is 22.4 Å². The quantitative estimate of drug-likeness (QED) is 0.118. The Morgan fingerprint density at radius 3 is 2.05 bits per heavy atom. The zero-order valence-corrected chi connectivity index (χ0v) is 38.4. The summed E-state index contributed by atoms with van der Waals surface area (Å²) >= 11 is -1.72. The number of pyridine rings is 1. The molecule has 1 radical (unpaired) electrons. The van der Waals surface area contributed by atoms with Crippen molar-refractivity contribution < 1.29 is 28.9 Å². The molecular weight excluding hydrogens is 954 g/mol. The molecular formula is C51H46FGeIrN3O-2. The topological polar surface area (TPSA) is 43.9 Å². The predicted molar refractivity (Wildman–Crippen MR) is 238 cm³/mol. The van der Waals surface area contributed by atoms with Crippen LogP contribution in [0.5, 0.6) is 0 Å². The average molecular weight is 1000 g/mol. The van der Waals surface area contributed by atoms with Gasteiger partial charge in [0.15, 0.2) is 0 Å². The molecule has 9 aromatic rings. The van der Waals surface area contributed by atoms with E-state index in [0.29, 0.717) is 11.2 Å². The fourth-order valence-electron chi connectivity index (χ4n) is 7.47. The molecule has 0 spiro atoms. The summed E-state index contributed by atoms with van der Waals surface area (Å²) in [6.07, 6.45) is 2.04. The van der Waals surface area contributed by atoms with E-state index in [4.69, 9.17) is 9.40 Å². The first-order chi connectivity index (χ1) is 27.5. The molecule has 293 valence electrons. The fourth-order valence-corrected chi connectivity index (χ4v) is 9.64. The Morgan fingerprint density at radius 1 is 0.690 bits per heavy atom. The first-order valence-electron chi connectivity index (χ1n) is 19.7. The van der Waals surface area contributed by atoms with Crippen LogP contribution in [0.3, 0.4) is 0 Å². The number of fused-ring (bicyclic) bond motifs is 4. The number of benzene rings is 6. The second kappa shape index (κ2) is 17.0. The maximum absolute atomic E-state index is 14.1. The second-order valence-electron chi connectivity index (χ2n) is 16.2. The van der Waals surface area contributed by atoms with E-state index in [1.54, 1.807) is 6.07 Å². The summed E-state index contributed by atoms with van der Waals surface area (Å²) < 4.78 is 24.2. The third kappa shape index (κ3) is 8.11. The van der Waals surface area contributed by atoms with Gasteiger partial charge >= 0.3 is 99.8 Å². The summed E-state index contributed by atoms with van der Waals surface area (Å²) in [6.45, 7) is 8.99. The zero-order chi connectivity index (χ0) is 39.8. The Balaban J connectivity index is 0.000000254. The number of hydrogen-bond donors (Lipinski definition) is 0. The van der Waals surface area contributed by atoms with E-state index >= 15 is 0 Å². The summed E-state index contributed by atoms with van der Waals surface area (Å²) in [4.78, 5) is 9.71. The molecule has 58 heavy (non-hydrogen) atoms. The number of furan rings is 1. The van der Waals surface area contributed by atoms with E-state index in [1.165, 1.54) is 38.8 Å². The minimum absolute atomic E-state index is 0. The number of rotatable bonds is 7. The standard InChI is InChI=1S/C37H30FN2O.C14H16GeN.Ir/c1-22(2)30-19-25(24-11-6-5-7-12-24)20-31(23(3)4)35(30)40-33-16-9-8-15-32(33)39-37(40)29-14-10-13-28-27-18-17-26(38)21-34(27)41-36(28)29;1-15(2,3)13-9-10-14(16-11-13)12-7-5-4-6-8-12;/h5-13,15-23H,1-4H3;4-7,9-11H,1-3H3;/q2*-1;. The molecule has 0 saturated heterocycles. The van der Waals surface area contributed by atoms with Crippen LogP contribution in [-0.4, -0.2) is 27.8 Å². The number of imidazole rings is 1. The average Bonchev–Trinajstić information content (AvgIpc) is 3.79. The fraction of sp³-hybridized carbons (Fsp3) is 0.176. The van der Waals surface area contributed by atoms with Crippen LogP contribution in [0.4, 0.5) is 4.39 Å². The Hall–Kier alpha value is -5.14. The van der Waals surface area contributed by atoms with Gasteiger partial charge in [-0.25, -0.2) is 4.39 Å².